The largest absolute Gasteiger partial charge is 0.444 e. The molecule has 11 nitrogen and oxygen atoms in total. The second-order valence-corrected chi connectivity index (χ2v) is 7.50. The van der Waals surface area contributed by atoms with Crippen molar-refractivity contribution in [2.75, 3.05) is 25.1 Å². The van der Waals surface area contributed by atoms with Gasteiger partial charge in [0.05, 0.1) is 19.8 Å². The number of aliphatic hydroxyl groups is 1. The van der Waals surface area contributed by atoms with Gasteiger partial charge in [-0.05, 0) is 32.8 Å². The number of aromatic nitrogens is 2. The molecule has 0 bridgehead atoms. The van der Waals surface area contributed by atoms with Crippen molar-refractivity contribution in [3.63, 3.8) is 0 Å². The van der Waals surface area contributed by atoms with Crippen LogP contribution in [-0.4, -0.2) is 64.8 Å². The van der Waals surface area contributed by atoms with Crippen LogP contribution < -0.4 is 16.3 Å². The fraction of sp³-hybridized carbons (Fsp3) is 0.700. The Morgan fingerprint density at radius 2 is 1.87 bits per heavy atom. The van der Waals surface area contributed by atoms with Crippen LogP contribution in [0.15, 0.2) is 17.1 Å². The molecule has 2 heterocycles. The second kappa shape index (κ2) is 14.5. The fourth-order valence-electron chi connectivity index (χ4n) is 2.13. The van der Waals surface area contributed by atoms with Crippen LogP contribution in [0, 0.1) is 5.92 Å². The molecule has 1 aromatic rings. The van der Waals surface area contributed by atoms with Crippen LogP contribution in [0.4, 0.5) is 10.6 Å². The number of nitrogens with zero attached hydrogens (tertiary/aromatic N) is 1. The van der Waals surface area contributed by atoms with Gasteiger partial charge >= 0.3 is 11.8 Å². The molecule has 0 saturated carbocycles. The Kier molecular flexibility index (Phi) is 13.3. The standard InChI is InChI=1S/C14H22N4O4.C4H8O3.C2H6/c1-8(2)10(18-13(21)22-14(3,4)5)11(19)16-9-6-7-15-12(20)17-9;5-3-4-6-1-2-7-4;1-2/h6-8,10H,1-5H3,(H,18,21)(H2,15,16,17,19,20);4-5H,1-3H2;1-2H3. The van der Waals surface area contributed by atoms with Crippen LogP contribution in [0.1, 0.15) is 48.5 Å². The van der Waals surface area contributed by atoms with E-state index in [1.54, 1.807) is 34.6 Å². The molecule has 31 heavy (non-hydrogen) atoms. The lowest BCUT2D eigenvalue weighted by Crippen LogP contribution is -2.48. The number of hydrogen-bond donors (Lipinski definition) is 4. The van der Waals surface area contributed by atoms with Crippen LogP contribution in [-0.2, 0) is 19.0 Å². The predicted octanol–water partition coefficient (Wildman–Crippen LogP) is 1.64. The molecule has 1 unspecified atom stereocenters. The molecule has 0 radical (unpaired) electrons. The number of ether oxygens (including phenoxy) is 3. The van der Waals surface area contributed by atoms with Gasteiger partial charge in [-0.25, -0.2) is 14.6 Å². The quantitative estimate of drug-likeness (QED) is 0.535. The third-order valence-corrected chi connectivity index (χ3v) is 3.39. The van der Waals surface area contributed by atoms with Crippen molar-refractivity contribution in [1.29, 1.82) is 0 Å². The minimum atomic E-state index is -0.800. The van der Waals surface area contributed by atoms with Gasteiger partial charge in [0, 0.05) is 6.20 Å². The number of rotatable bonds is 5. The van der Waals surface area contributed by atoms with Gasteiger partial charge in [-0.1, -0.05) is 27.7 Å². The Bertz CT molecular complexity index is 710. The first kappa shape index (κ1) is 28.5. The van der Waals surface area contributed by atoms with E-state index in [1.165, 1.54) is 12.3 Å². The molecule has 0 aliphatic carbocycles. The number of anilines is 1. The van der Waals surface area contributed by atoms with Crippen molar-refractivity contribution in [2.24, 2.45) is 5.92 Å². The van der Waals surface area contributed by atoms with Crippen LogP contribution in [0.25, 0.3) is 0 Å². The monoisotopic (exact) mass is 444 g/mol. The molecule has 1 aromatic heterocycles. The highest BCUT2D eigenvalue weighted by molar-refractivity contribution is 5.96. The zero-order chi connectivity index (χ0) is 24.0. The van der Waals surface area contributed by atoms with Crippen molar-refractivity contribution >= 4 is 17.8 Å². The Balaban J connectivity index is 0.000000831. The van der Waals surface area contributed by atoms with E-state index < -0.39 is 29.3 Å². The van der Waals surface area contributed by atoms with Crippen molar-refractivity contribution in [1.82, 2.24) is 15.3 Å². The summed E-state index contributed by atoms with van der Waals surface area (Å²) in [5.74, 6) is -0.412. The summed E-state index contributed by atoms with van der Waals surface area (Å²) in [5.41, 5.74) is -1.22. The lowest BCUT2D eigenvalue weighted by atomic mass is 10.0. The first-order valence-corrected chi connectivity index (χ1v) is 10.2. The van der Waals surface area contributed by atoms with E-state index in [-0.39, 0.29) is 24.6 Å². The summed E-state index contributed by atoms with van der Waals surface area (Å²) in [6, 6.07) is 0.649. The fourth-order valence-corrected chi connectivity index (χ4v) is 2.13. The Morgan fingerprint density at radius 3 is 2.29 bits per heavy atom. The minimum Gasteiger partial charge on any atom is -0.444 e. The molecule has 1 aliphatic rings. The molecule has 178 valence electrons. The van der Waals surface area contributed by atoms with Gasteiger partial charge in [-0.3, -0.25) is 9.78 Å². The van der Waals surface area contributed by atoms with Crippen LogP contribution in [0.3, 0.4) is 0 Å². The normalized spacial score (nSPS) is 14.5. The second-order valence-electron chi connectivity index (χ2n) is 7.50. The van der Waals surface area contributed by atoms with E-state index in [9.17, 15) is 14.4 Å². The van der Waals surface area contributed by atoms with Gasteiger partial charge in [0.2, 0.25) is 5.91 Å². The van der Waals surface area contributed by atoms with E-state index >= 15 is 0 Å². The molecule has 0 aromatic carbocycles. The van der Waals surface area contributed by atoms with Gasteiger partial charge in [0.25, 0.3) is 0 Å². The highest BCUT2D eigenvalue weighted by Gasteiger charge is 2.27. The van der Waals surface area contributed by atoms with Crippen LogP contribution in [0.2, 0.25) is 0 Å². The maximum absolute atomic E-state index is 12.2. The van der Waals surface area contributed by atoms with E-state index in [0.29, 0.717) is 13.2 Å². The van der Waals surface area contributed by atoms with Crippen molar-refractivity contribution < 1.29 is 28.9 Å². The minimum absolute atomic E-state index is 0.0278. The summed E-state index contributed by atoms with van der Waals surface area (Å²) >= 11 is 0. The summed E-state index contributed by atoms with van der Waals surface area (Å²) in [4.78, 5) is 41.0. The molecule has 1 fully saturated rings. The predicted molar refractivity (Wildman–Crippen MR) is 116 cm³/mol. The van der Waals surface area contributed by atoms with Gasteiger partial charge in [-0.15, -0.1) is 0 Å². The third kappa shape index (κ3) is 12.7. The van der Waals surface area contributed by atoms with Crippen LogP contribution in [0.5, 0.6) is 0 Å². The Morgan fingerprint density at radius 1 is 1.29 bits per heavy atom. The molecule has 1 saturated heterocycles. The number of nitrogens with one attached hydrogen (secondary N) is 3. The highest BCUT2D eigenvalue weighted by atomic mass is 16.7. The molecule has 1 atom stereocenters. The van der Waals surface area contributed by atoms with Gasteiger partial charge in [0.1, 0.15) is 17.5 Å². The van der Waals surface area contributed by atoms with Crippen molar-refractivity contribution in [2.45, 2.75) is 66.4 Å². The maximum Gasteiger partial charge on any atom is 0.408 e. The zero-order valence-corrected chi connectivity index (χ0v) is 19.4. The number of H-pyrrole nitrogens is 1. The first-order valence-electron chi connectivity index (χ1n) is 10.2. The number of hydrogen-bond acceptors (Lipinski definition) is 8. The van der Waals surface area contributed by atoms with Gasteiger partial charge in [0.15, 0.2) is 6.29 Å². The molecule has 0 spiro atoms. The smallest absolute Gasteiger partial charge is 0.408 e. The first-order chi connectivity index (χ1) is 14.5. The average molecular weight is 445 g/mol. The number of aromatic amines is 1. The topological polar surface area (TPSA) is 152 Å². The summed E-state index contributed by atoms with van der Waals surface area (Å²) < 4.78 is 14.8. The summed E-state index contributed by atoms with van der Waals surface area (Å²) in [6.45, 7) is 14.0. The lowest BCUT2D eigenvalue weighted by Gasteiger charge is -2.25. The Hall–Kier alpha value is -2.50. The SMILES string of the molecule is CC.CC(C)C(NC(=O)OC(C)(C)C)C(=O)Nc1ccnc(=O)[nH]1.OCC1OCCO1. The molecular formula is C20H36N4O7. The third-order valence-electron chi connectivity index (χ3n) is 3.39. The number of amides is 2. The Labute approximate surface area is 182 Å². The molecule has 2 amide bonds. The van der Waals surface area contributed by atoms with Gasteiger partial charge < -0.3 is 30.0 Å². The number of carbonyl (C=O) groups excluding carboxylic acids is 2. The van der Waals surface area contributed by atoms with E-state index in [0.717, 1.165) is 0 Å². The summed E-state index contributed by atoms with van der Waals surface area (Å²) in [7, 11) is 0. The van der Waals surface area contributed by atoms with E-state index in [1.807, 2.05) is 13.8 Å². The lowest BCUT2D eigenvalue weighted by molar-refractivity contribution is -0.119. The average Bonchev–Trinajstić information content (AvgIpc) is 3.20. The highest BCUT2D eigenvalue weighted by Crippen LogP contribution is 2.10. The van der Waals surface area contributed by atoms with Crippen molar-refractivity contribution in [3.8, 4) is 0 Å². The molecule has 1 aliphatic heterocycles. The molecular weight excluding hydrogens is 408 g/mol. The molecule has 11 heteroatoms. The summed E-state index contributed by atoms with van der Waals surface area (Å²) in [6.07, 6.45) is 0.254. The summed E-state index contributed by atoms with van der Waals surface area (Å²) in [5, 5.41) is 13.4. The maximum atomic E-state index is 12.2. The number of carbonyl (C=O) groups is 2. The molecule has 2 rings (SSSR count). The number of alkyl carbamates (subject to hydrolysis) is 1. The van der Waals surface area contributed by atoms with Crippen molar-refractivity contribution in [3.05, 3.63) is 22.7 Å². The zero-order valence-electron chi connectivity index (χ0n) is 19.4. The molecule has 4 N–H and O–H groups in total. The van der Waals surface area contributed by atoms with E-state index in [2.05, 4.69) is 20.6 Å². The number of aliphatic hydroxyl groups excluding tert-OH is 1. The van der Waals surface area contributed by atoms with Crippen LogP contribution >= 0.6 is 0 Å². The van der Waals surface area contributed by atoms with E-state index in [4.69, 9.17) is 19.3 Å². The van der Waals surface area contributed by atoms with Gasteiger partial charge in [-0.2, -0.15) is 0 Å².